The van der Waals surface area contributed by atoms with Crippen molar-refractivity contribution in [3.8, 4) is 0 Å². The average Bonchev–Trinajstić information content (AvgIpc) is 2.26. The van der Waals surface area contributed by atoms with E-state index in [0.29, 0.717) is 0 Å². The molecule has 1 aromatic rings. The van der Waals surface area contributed by atoms with E-state index in [9.17, 15) is 0 Å². The topological polar surface area (TPSA) is 12.5 Å². The van der Waals surface area contributed by atoms with E-state index in [2.05, 4.69) is 17.0 Å². The fourth-order valence-corrected chi connectivity index (χ4v) is 2.06. The Balaban J connectivity index is 2.17. The quantitative estimate of drug-likeness (QED) is 0.781. The van der Waals surface area contributed by atoms with Crippen LogP contribution in [0.5, 0.6) is 0 Å². The van der Waals surface area contributed by atoms with Crippen molar-refractivity contribution in [3.05, 3.63) is 41.6 Å². The summed E-state index contributed by atoms with van der Waals surface area (Å²) in [6, 6.07) is 8.23. The van der Waals surface area contributed by atoms with Gasteiger partial charge >= 0.3 is 0 Å². The number of hydrogen-bond acceptors (Lipinski definition) is 2. The minimum absolute atomic E-state index is 0.725. The second-order valence-corrected chi connectivity index (χ2v) is 4.00. The molecule has 0 saturated heterocycles. The van der Waals surface area contributed by atoms with Crippen LogP contribution in [0, 0.1) is 0 Å². The Morgan fingerprint density at radius 2 is 2.20 bits per heavy atom. The van der Waals surface area contributed by atoms with Gasteiger partial charge in [0.1, 0.15) is 0 Å². The second-order valence-electron chi connectivity index (χ2n) is 3.60. The Bertz CT molecular complexity index is 376. The molecule has 0 saturated carbocycles. The van der Waals surface area contributed by atoms with Crippen LogP contribution in [0.3, 0.4) is 0 Å². The van der Waals surface area contributed by atoms with E-state index in [1.807, 2.05) is 18.3 Å². The van der Waals surface area contributed by atoms with Crippen LogP contribution < -0.4 is 0 Å². The highest BCUT2D eigenvalue weighted by molar-refractivity contribution is 6.48. The van der Waals surface area contributed by atoms with Crippen LogP contribution in [0.2, 0.25) is 0 Å². The van der Waals surface area contributed by atoms with Crippen molar-refractivity contribution >= 4 is 16.6 Å². The lowest BCUT2D eigenvalue weighted by atomic mass is 10.0. The summed E-state index contributed by atoms with van der Waals surface area (Å²) < 4.78 is 5.05. The van der Waals surface area contributed by atoms with Gasteiger partial charge in [-0.2, -0.15) is 0 Å². The molecule has 0 fully saturated rings. The summed E-state index contributed by atoms with van der Waals surface area (Å²) in [6.45, 7) is 2.51. The molecule has 1 aromatic carbocycles. The molecule has 0 aromatic heterocycles. The first kappa shape index (κ1) is 10.5. The average molecular weight is 224 g/mol. The molecule has 2 nitrogen and oxygen atoms in total. The molecule has 0 spiro atoms. The first-order chi connectivity index (χ1) is 7.31. The standard InChI is InChI=1S/C12H14ClNO/c1-15-7-6-14-8-10-4-2-3-5-11(10)12(13)9-14/h2-5,9H,6-8H2,1H3. The second kappa shape index (κ2) is 4.69. The first-order valence-corrected chi connectivity index (χ1v) is 5.37. The molecule has 0 N–H and O–H groups in total. The number of rotatable bonds is 3. The van der Waals surface area contributed by atoms with Crippen molar-refractivity contribution in [2.75, 3.05) is 20.3 Å². The number of methoxy groups -OCH3 is 1. The molecule has 3 heteroatoms. The van der Waals surface area contributed by atoms with Crippen LogP contribution in [0.15, 0.2) is 30.5 Å². The summed E-state index contributed by atoms with van der Waals surface area (Å²) >= 11 is 6.20. The molecule has 1 aliphatic heterocycles. The van der Waals surface area contributed by atoms with Gasteiger partial charge in [0.25, 0.3) is 0 Å². The molecule has 1 aliphatic rings. The third-order valence-electron chi connectivity index (χ3n) is 2.53. The van der Waals surface area contributed by atoms with Gasteiger partial charge in [-0.1, -0.05) is 35.9 Å². The Hall–Kier alpha value is -0.990. The number of nitrogens with zero attached hydrogens (tertiary/aromatic N) is 1. The zero-order chi connectivity index (χ0) is 10.7. The van der Waals surface area contributed by atoms with Gasteiger partial charge < -0.3 is 9.64 Å². The van der Waals surface area contributed by atoms with Gasteiger partial charge in [0.05, 0.1) is 11.6 Å². The number of benzene rings is 1. The van der Waals surface area contributed by atoms with Crippen molar-refractivity contribution in [3.63, 3.8) is 0 Å². The molecule has 15 heavy (non-hydrogen) atoms. The Labute approximate surface area is 95.1 Å². The fourth-order valence-electron chi connectivity index (χ4n) is 1.74. The molecule has 0 atom stereocenters. The number of ether oxygens (including phenoxy) is 1. The normalized spacial score (nSPS) is 14.8. The van der Waals surface area contributed by atoms with Crippen LogP contribution in [0.4, 0.5) is 0 Å². The molecule has 0 unspecified atom stereocenters. The van der Waals surface area contributed by atoms with Gasteiger partial charge in [0.15, 0.2) is 0 Å². The summed E-state index contributed by atoms with van der Waals surface area (Å²) in [5, 5.41) is 0.813. The van der Waals surface area contributed by atoms with Crippen LogP contribution >= 0.6 is 11.6 Å². The molecule has 0 radical (unpaired) electrons. The highest BCUT2D eigenvalue weighted by Crippen LogP contribution is 2.28. The zero-order valence-electron chi connectivity index (χ0n) is 8.74. The Kier molecular flexibility index (Phi) is 3.29. The number of hydrogen-bond donors (Lipinski definition) is 0. The maximum Gasteiger partial charge on any atom is 0.0640 e. The fraction of sp³-hybridized carbons (Fsp3) is 0.333. The Morgan fingerprint density at radius 3 is 3.00 bits per heavy atom. The smallest absolute Gasteiger partial charge is 0.0640 e. The van der Waals surface area contributed by atoms with Crippen molar-refractivity contribution in [2.24, 2.45) is 0 Å². The van der Waals surface area contributed by atoms with Crippen molar-refractivity contribution in [2.45, 2.75) is 6.54 Å². The third-order valence-corrected chi connectivity index (χ3v) is 2.83. The highest BCUT2D eigenvalue weighted by atomic mass is 35.5. The van der Waals surface area contributed by atoms with Gasteiger partial charge in [-0.3, -0.25) is 0 Å². The largest absolute Gasteiger partial charge is 0.383 e. The molecule has 0 bridgehead atoms. The van der Waals surface area contributed by atoms with Gasteiger partial charge in [-0.15, -0.1) is 0 Å². The van der Waals surface area contributed by atoms with Crippen molar-refractivity contribution in [1.82, 2.24) is 4.90 Å². The molecule has 1 heterocycles. The summed E-state index contributed by atoms with van der Waals surface area (Å²) in [4.78, 5) is 2.17. The number of fused-ring (bicyclic) bond motifs is 1. The summed E-state index contributed by atoms with van der Waals surface area (Å²) in [7, 11) is 1.71. The molecule has 80 valence electrons. The molecule has 2 rings (SSSR count). The number of halogens is 1. The van der Waals surface area contributed by atoms with Crippen LogP contribution in [0.1, 0.15) is 11.1 Å². The maximum absolute atomic E-state index is 6.20. The lowest BCUT2D eigenvalue weighted by Crippen LogP contribution is -2.24. The molecule has 0 amide bonds. The highest BCUT2D eigenvalue weighted by Gasteiger charge is 2.14. The summed E-state index contributed by atoms with van der Waals surface area (Å²) in [5.41, 5.74) is 2.42. The van der Waals surface area contributed by atoms with Crippen molar-refractivity contribution in [1.29, 1.82) is 0 Å². The lowest BCUT2D eigenvalue weighted by Gasteiger charge is -2.26. The summed E-state index contributed by atoms with van der Waals surface area (Å²) in [6.07, 6.45) is 1.99. The molecular formula is C12H14ClNO. The molecule has 0 aliphatic carbocycles. The van der Waals surface area contributed by atoms with Crippen LogP contribution in [-0.2, 0) is 11.3 Å². The van der Waals surface area contributed by atoms with Gasteiger partial charge in [-0.25, -0.2) is 0 Å². The summed E-state index contributed by atoms with van der Waals surface area (Å²) in [5.74, 6) is 0. The Morgan fingerprint density at radius 1 is 1.40 bits per heavy atom. The molecular weight excluding hydrogens is 210 g/mol. The van der Waals surface area contributed by atoms with Gasteiger partial charge in [0.2, 0.25) is 0 Å². The van der Waals surface area contributed by atoms with E-state index in [0.717, 1.165) is 30.3 Å². The SMILES string of the molecule is COCCN1C=C(Cl)c2ccccc2C1. The first-order valence-electron chi connectivity index (χ1n) is 5.00. The van der Waals surface area contributed by atoms with Gasteiger partial charge in [-0.05, 0) is 11.1 Å². The predicted molar refractivity (Wildman–Crippen MR) is 62.6 cm³/mol. The van der Waals surface area contributed by atoms with E-state index in [1.165, 1.54) is 5.56 Å². The van der Waals surface area contributed by atoms with Crippen molar-refractivity contribution < 1.29 is 4.74 Å². The van der Waals surface area contributed by atoms with E-state index < -0.39 is 0 Å². The van der Waals surface area contributed by atoms with Gasteiger partial charge in [0, 0.05) is 26.4 Å². The minimum Gasteiger partial charge on any atom is -0.383 e. The van der Waals surface area contributed by atoms with Crippen LogP contribution in [0.25, 0.3) is 5.03 Å². The van der Waals surface area contributed by atoms with E-state index in [-0.39, 0.29) is 0 Å². The zero-order valence-corrected chi connectivity index (χ0v) is 9.50. The van der Waals surface area contributed by atoms with E-state index in [1.54, 1.807) is 7.11 Å². The van der Waals surface area contributed by atoms with E-state index in [4.69, 9.17) is 16.3 Å². The lowest BCUT2D eigenvalue weighted by molar-refractivity contribution is 0.167. The maximum atomic E-state index is 6.20. The predicted octanol–water partition coefficient (Wildman–Crippen LogP) is 2.69. The monoisotopic (exact) mass is 223 g/mol. The van der Waals surface area contributed by atoms with Crippen LogP contribution in [-0.4, -0.2) is 25.2 Å². The third kappa shape index (κ3) is 2.33. The minimum atomic E-state index is 0.725. The van der Waals surface area contributed by atoms with E-state index >= 15 is 0 Å².